The van der Waals surface area contributed by atoms with Crippen LogP contribution in [0.2, 0.25) is 0 Å². The molecule has 0 saturated carbocycles. The fraction of sp³-hybridized carbons (Fsp3) is 0.250. The fourth-order valence-electron chi connectivity index (χ4n) is 0.563. The van der Waals surface area contributed by atoms with Crippen molar-refractivity contribution in [2.24, 2.45) is 0 Å². The van der Waals surface area contributed by atoms with E-state index in [0.29, 0.717) is 5.33 Å². The van der Waals surface area contributed by atoms with Gasteiger partial charge in [-0.1, -0.05) is 34.1 Å². The second kappa shape index (κ2) is 7.01. The highest BCUT2D eigenvalue weighted by molar-refractivity contribution is 9.09. The molecule has 0 radical (unpaired) electrons. The zero-order chi connectivity index (χ0) is 11.0. The highest BCUT2D eigenvalue weighted by Gasteiger charge is 2.09. The van der Waals surface area contributed by atoms with Gasteiger partial charge in [-0.05, 0) is 12.1 Å². The number of hydrogen-bond acceptors (Lipinski definition) is 2. The summed E-state index contributed by atoms with van der Waals surface area (Å²) in [5.41, 5.74) is 6.18. The average Bonchev–Trinajstić information content (AvgIpc) is 2.04. The van der Waals surface area contributed by atoms with Crippen molar-refractivity contribution >= 4 is 29.2 Å². The second-order valence-electron chi connectivity index (χ2n) is 2.49. The lowest BCUT2D eigenvalue weighted by molar-refractivity contribution is 0.375. The lowest BCUT2D eigenvalue weighted by Gasteiger charge is -1.95. The summed E-state index contributed by atoms with van der Waals surface area (Å²) < 4.78 is 9.90. The maximum atomic E-state index is 9.90. The average molecular weight is 282 g/mol. The van der Waals surface area contributed by atoms with Crippen LogP contribution in [0.1, 0.15) is 0 Å². The third-order valence-corrected chi connectivity index (χ3v) is 2.99. The second-order valence-corrected chi connectivity index (χ2v) is 5.06. The first kappa shape index (κ1) is 13.7. The third kappa shape index (κ3) is 9.74. The van der Waals surface area contributed by atoms with E-state index in [0.717, 1.165) is 5.69 Å². The minimum absolute atomic E-state index is 0.0764. The Kier molecular flexibility index (Phi) is 6.83. The molecule has 0 aliphatic heterocycles. The van der Waals surface area contributed by atoms with Crippen LogP contribution in [0.15, 0.2) is 30.3 Å². The van der Waals surface area contributed by atoms with E-state index in [2.05, 4.69) is 15.9 Å². The van der Waals surface area contributed by atoms with Crippen LogP contribution >= 0.6 is 23.5 Å². The van der Waals surface area contributed by atoms with Crippen molar-refractivity contribution in [1.29, 1.82) is 0 Å². The van der Waals surface area contributed by atoms with Crippen molar-refractivity contribution in [2.75, 3.05) is 17.2 Å². The molecule has 0 saturated heterocycles. The first-order valence-electron chi connectivity index (χ1n) is 3.87. The third-order valence-electron chi connectivity index (χ3n) is 1.18. The van der Waals surface area contributed by atoms with Gasteiger partial charge in [-0.25, -0.2) is 0 Å². The van der Waals surface area contributed by atoms with Crippen LogP contribution in [0.4, 0.5) is 5.69 Å². The summed E-state index contributed by atoms with van der Waals surface area (Å²) in [6, 6.07) is 9.49. The van der Waals surface area contributed by atoms with E-state index in [4.69, 9.17) is 15.5 Å². The van der Waals surface area contributed by atoms with Crippen LogP contribution in [0.5, 0.6) is 0 Å². The van der Waals surface area contributed by atoms with Crippen molar-refractivity contribution in [3.05, 3.63) is 30.3 Å². The Morgan fingerprint density at radius 2 is 1.79 bits per heavy atom. The van der Waals surface area contributed by atoms with Gasteiger partial charge in [-0.15, -0.1) is 0 Å². The summed E-state index contributed by atoms with van der Waals surface area (Å²) >= 11 is 2.89. The zero-order valence-corrected chi connectivity index (χ0v) is 9.99. The molecule has 0 aliphatic carbocycles. The molecule has 0 unspecified atom stereocenters. The SMILES string of the molecule is Nc1ccccc1.O=P(O)(O)CCBr. The maximum Gasteiger partial charge on any atom is 0.326 e. The smallest absolute Gasteiger partial charge is 0.326 e. The number of halogens is 1. The number of nitrogens with two attached hydrogens (primary N) is 1. The Morgan fingerprint density at radius 3 is 1.93 bits per heavy atom. The molecule has 0 amide bonds. The normalized spacial score (nSPS) is 10.2. The molecule has 80 valence electrons. The number of rotatable bonds is 2. The molecule has 0 bridgehead atoms. The van der Waals surface area contributed by atoms with E-state index in [1.165, 1.54) is 0 Å². The monoisotopic (exact) mass is 281 g/mol. The first-order chi connectivity index (χ1) is 6.45. The Morgan fingerprint density at radius 1 is 1.29 bits per heavy atom. The molecule has 0 aromatic heterocycles. The molecular formula is C8H13BrNO3P. The summed E-state index contributed by atoms with van der Waals surface area (Å²) in [5, 5.41) is 0.358. The van der Waals surface area contributed by atoms with Crippen molar-refractivity contribution in [3.63, 3.8) is 0 Å². The zero-order valence-electron chi connectivity index (χ0n) is 7.51. The number of anilines is 1. The minimum Gasteiger partial charge on any atom is -0.399 e. The highest BCUT2D eigenvalue weighted by Crippen LogP contribution is 2.33. The summed E-state index contributed by atoms with van der Waals surface area (Å²) in [7, 11) is -3.71. The van der Waals surface area contributed by atoms with Crippen molar-refractivity contribution in [1.82, 2.24) is 0 Å². The van der Waals surface area contributed by atoms with Crippen LogP contribution in [0.25, 0.3) is 0 Å². The lowest BCUT2D eigenvalue weighted by atomic mass is 10.3. The van der Waals surface area contributed by atoms with Crippen molar-refractivity contribution < 1.29 is 14.4 Å². The van der Waals surface area contributed by atoms with E-state index >= 15 is 0 Å². The van der Waals surface area contributed by atoms with E-state index < -0.39 is 7.60 Å². The number of para-hydroxylation sites is 1. The van der Waals surface area contributed by atoms with Gasteiger partial charge in [0.2, 0.25) is 0 Å². The number of benzene rings is 1. The molecule has 0 atom stereocenters. The van der Waals surface area contributed by atoms with E-state index in [-0.39, 0.29) is 6.16 Å². The molecule has 0 heterocycles. The van der Waals surface area contributed by atoms with Gasteiger partial charge >= 0.3 is 7.60 Å². The molecule has 1 aromatic rings. The summed E-state index contributed by atoms with van der Waals surface area (Å²) in [6.45, 7) is 0. The molecule has 1 aromatic carbocycles. The molecule has 0 aliphatic rings. The van der Waals surface area contributed by atoms with E-state index in [1.807, 2.05) is 30.3 Å². The number of nitrogen functional groups attached to an aromatic ring is 1. The summed E-state index contributed by atoms with van der Waals surface area (Å²) in [4.78, 5) is 16.2. The molecule has 0 spiro atoms. The summed E-state index contributed by atoms with van der Waals surface area (Å²) in [6.07, 6.45) is -0.0764. The molecule has 0 fully saturated rings. The molecule has 6 heteroatoms. The van der Waals surface area contributed by atoms with Gasteiger partial charge in [0.1, 0.15) is 0 Å². The van der Waals surface area contributed by atoms with E-state index in [9.17, 15) is 4.57 Å². The number of alkyl halides is 1. The van der Waals surface area contributed by atoms with Gasteiger partial charge < -0.3 is 15.5 Å². The molecular weight excluding hydrogens is 269 g/mol. The molecule has 4 nitrogen and oxygen atoms in total. The minimum atomic E-state index is -3.71. The topological polar surface area (TPSA) is 83.6 Å². The summed E-state index contributed by atoms with van der Waals surface area (Å²) in [5.74, 6) is 0. The fourth-order valence-corrected chi connectivity index (χ4v) is 2.17. The number of hydrogen-bond donors (Lipinski definition) is 3. The van der Waals surface area contributed by atoms with Gasteiger partial charge in [-0.3, -0.25) is 4.57 Å². The van der Waals surface area contributed by atoms with Crippen LogP contribution in [0.3, 0.4) is 0 Å². The highest BCUT2D eigenvalue weighted by atomic mass is 79.9. The molecule has 14 heavy (non-hydrogen) atoms. The van der Waals surface area contributed by atoms with Crippen LogP contribution in [-0.2, 0) is 4.57 Å². The lowest BCUT2D eigenvalue weighted by Crippen LogP contribution is -1.85. The Balaban J connectivity index is 0.000000241. The van der Waals surface area contributed by atoms with Gasteiger partial charge in [0.15, 0.2) is 0 Å². The van der Waals surface area contributed by atoms with Gasteiger partial charge in [-0.2, -0.15) is 0 Å². The van der Waals surface area contributed by atoms with Gasteiger partial charge in [0, 0.05) is 11.0 Å². The predicted octanol–water partition coefficient (Wildman–Crippen LogP) is 1.83. The molecule has 4 N–H and O–H groups in total. The van der Waals surface area contributed by atoms with Crippen molar-refractivity contribution in [3.8, 4) is 0 Å². The van der Waals surface area contributed by atoms with Crippen LogP contribution < -0.4 is 5.73 Å². The predicted molar refractivity (Wildman–Crippen MR) is 61.6 cm³/mol. The van der Waals surface area contributed by atoms with Crippen molar-refractivity contribution in [2.45, 2.75) is 0 Å². The van der Waals surface area contributed by atoms with E-state index in [1.54, 1.807) is 0 Å². The van der Waals surface area contributed by atoms with Crippen LogP contribution in [-0.4, -0.2) is 21.3 Å². The van der Waals surface area contributed by atoms with Gasteiger partial charge in [0.05, 0.1) is 6.16 Å². The largest absolute Gasteiger partial charge is 0.399 e. The standard InChI is InChI=1S/C6H7N.C2H6BrO3P/c7-6-4-2-1-3-5-6;3-1-2-7(4,5)6/h1-5H,7H2;1-2H2,(H2,4,5,6). The van der Waals surface area contributed by atoms with Crippen LogP contribution in [0, 0.1) is 0 Å². The molecule has 1 rings (SSSR count). The quantitative estimate of drug-likeness (QED) is 0.439. The first-order valence-corrected chi connectivity index (χ1v) is 6.78. The Bertz CT molecular complexity index is 288. The van der Waals surface area contributed by atoms with Gasteiger partial charge in [0.25, 0.3) is 0 Å². The maximum absolute atomic E-state index is 9.90. The Hall–Kier alpha value is -0.350. The Labute approximate surface area is 91.4 Å².